The summed E-state index contributed by atoms with van der Waals surface area (Å²) in [5.74, 6) is 0.683. The summed E-state index contributed by atoms with van der Waals surface area (Å²) in [5, 5.41) is 14.1. The van der Waals surface area contributed by atoms with Crippen LogP contribution in [0.3, 0.4) is 0 Å². The molecule has 0 spiro atoms. The first kappa shape index (κ1) is 13.5. The maximum absolute atomic E-state index is 9.74. The van der Waals surface area contributed by atoms with Crippen molar-refractivity contribution in [1.29, 1.82) is 0 Å². The Morgan fingerprint density at radius 1 is 1.44 bits per heavy atom. The van der Waals surface area contributed by atoms with E-state index in [1.54, 1.807) is 25.2 Å². The van der Waals surface area contributed by atoms with E-state index >= 15 is 0 Å². The Hall–Kier alpha value is -0.910. The number of rotatable bonds is 4. The lowest BCUT2D eigenvalue weighted by atomic mass is 10.1. The molecule has 0 aliphatic heterocycles. The molecule has 2 aromatic rings. The zero-order valence-electron chi connectivity index (χ0n) is 10.6. The maximum atomic E-state index is 9.74. The van der Waals surface area contributed by atoms with Gasteiger partial charge in [0.2, 0.25) is 5.28 Å². The Bertz CT molecular complexity index is 562. The number of nitrogens with one attached hydrogen (secondary N) is 1. The zero-order chi connectivity index (χ0) is 13.3. The predicted octanol–water partition coefficient (Wildman–Crippen LogP) is 3.09. The number of hydrogen-bond donors (Lipinski definition) is 2. The first-order chi connectivity index (χ1) is 8.39. The molecule has 98 valence electrons. The van der Waals surface area contributed by atoms with Crippen LogP contribution in [-0.2, 0) is 6.42 Å². The fraction of sp³-hybridized carbons (Fsp3) is 0.500. The van der Waals surface area contributed by atoms with E-state index in [9.17, 15) is 5.11 Å². The molecule has 2 aromatic heterocycles. The van der Waals surface area contributed by atoms with Gasteiger partial charge in [-0.05, 0) is 37.9 Å². The lowest BCUT2D eigenvalue weighted by molar-refractivity contribution is 0.0944. The lowest BCUT2D eigenvalue weighted by Crippen LogP contribution is -2.29. The molecule has 0 aliphatic carbocycles. The number of anilines is 1. The first-order valence-electron chi connectivity index (χ1n) is 5.81. The molecule has 0 atom stereocenters. The van der Waals surface area contributed by atoms with E-state index in [4.69, 9.17) is 11.6 Å². The highest BCUT2D eigenvalue weighted by Gasteiger charge is 2.15. The minimum Gasteiger partial charge on any atom is -0.389 e. The molecule has 0 fully saturated rings. The third-order valence-corrected chi connectivity index (χ3v) is 3.80. The first-order valence-corrected chi connectivity index (χ1v) is 7.00. The molecule has 0 saturated carbocycles. The van der Waals surface area contributed by atoms with Crippen LogP contribution >= 0.6 is 22.9 Å². The van der Waals surface area contributed by atoms with Crippen molar-refractivity contribution in [1.82, 2.24) is 9.97 Å². The molecule has 0 saturated heterocycles. The van der Waals surface area contributed by atoms with Crippen molar-refractivity contribution < 1.29 is 5.11 Å². The number of aromatic nitrogens is 2. The van der Waals surface area contributed by atoms with Crippen LogP contribution in [0.1, 0.15) is 25.6 Å². The number of aryl methyl sites for hydroxylation is 1. The van der Waals surface area contributed by atoms with Crippen molar-refractivity contribution in [3.63, 3.8) is 0 Å². The van der Waals surface area contributed by atoms with Gasteiger partial charge in [-0.3, -0.25) is 0 Å². The number of thiophene rings is 1. The van der Waals surface area contributed by atoms with Gasteiger partial charge in [-0.1, -0.05) is 6.92 Å². The van der Waals surface area contributed by atoms with Crippen molar-refractivity contribution in [3.05, 3.63) is 16.2 Å². The molecule has 0 aromatic carbocycles. The van der Waals surface area contributed by atoms with E-state index in [2.05, 4.69) is 28.3 Å². The normalized spacial score (nSPS) is 12.1. The van der Waals surface area contributed by atoms with Crippen molar-refractivity contribution in [2.75, 3.05) is 11.9 Å². The Kier molecular flexibility index (Phi) is 3.75. The minimum atomic E-state index is -0.798. The van der Waals surface area contributed by atoms with Crippen LogP contribution in [0, 0.1) is 0 Å². The van der Waals surface area contributed by atoms with Crippen LogP contribution in [0.15, 0.2) is 6.07 Å². The van der Waals surface area contributed by atoms with Crippen molar-refractivity contribution in [3.8, 4) is 0 Å². The van der Waals surface area contributed by atoms with Crippen LogP contribution in [-0.4, -0.2) is 27.2 Å². The van der Waals surface area contributed by atoms with Crippen LogP contribution in [0.4, 0.5) is 5.82 Å². The van der Waals surface area contributed by atoms with Gasteiger partial charge in [-0.15, -0.1) is 11.3 Å². The number of halogens is 1. The van der Waals surface area contributed by atoms with Crippen molar-refractivity contribution in [2.24, 2.45) is 0 Å². The Morgan fingerprint density at radius 2 is 2.17 bits per heavy atom. The van der Waals surface area contributed by atoms with E-state index in [1.807, 2.05) is 0 Å². The third kappa shape index (κ3) is 3.10. The summed E-state index contributed by atoms with van der Waals surface area (Å²) in [5.41, 5.74) is -0.798. The van der Waals surface area contributed by atoms with Gasteiger partial charge in [-0.2, -0.15) is 0 Å². The summed E-state index contributed by atoms with van der Waals surface area (Å²) in [6.45, 7) is 5.99. The second-order valence-electron chi connectivity index (χ2n) is 4.79. The fourth-order valence-electron chi connectivity index (χ4n) is 1.55. The second-order valence-corrected chi connectivity index (χ2v) is 6.25. The molecule has 0 amide bonds. The average molecular weight is 286 g/mol. The topological polar surface area (TPSA) is 58.0 Å². The molecule has 2 rings (SSSR count). The molecular weight excluding hydrogens is 270 g/mol. The smallest absolute Gasteiger partial charge is 0.225 e. The second kappa shape index (κ2) is 4.99. The molecule has 4 nitrogen and oxygen atoms in total. The number of fused-ring (bicyclic) bond motifs is 1. The summed E-state index contributed by atoms with van der Waals surface area (Å²) in [4.78, 5) is 10.5. The average Bonchev–Trinajstić information content (AvgIpc) is 2.67. The highest BCUT2D eigenvalue weighted by atomic mass is 35.5. The van der Waals surface area contributed by atoms with Crippen LogP contribution in [0.25, 0.3) is 10.2 Å². The van der Waals surface area contributed by atoms with Crippen LogP contribution < -0.4 is 5.32 Å². The minimum absolute atomic E-state index is 0.227. The summed E-state index contributed by atoms with van der Waals surface area (Å²) in [7, 11) is 0. The highest BCUT2D eigenvalue weighted by Crippen LogP contribution is 2.30. The highest BCUT2D eigenvalue weighted by molar-refractivity contribution is 7.18. The molecule has 2 N–H and O–H groups in total. The van der Waals surface area contributed by atoms with Gasteiger partial charge in [-0.25, -0.2) is 9.97 Å². The van der Waals surface area contributed by atoms with E-state index in [1.165, 1.54) is 4.88 Å². The molecular formula is C12H16ClN3OS. The van der Waals surface area contributed by atoms with Crippen molar-refractivity contribution >= 4 is 39.0 Å². The van der Waals surface area contributed by atoms with E-state index in [0.29, 0.717) is 12.4 Å². The molecule has 18 heavy (non-hydrogen) atoms. The zero-order valence-corrected chi connectivity index (χ0v) is 12.2. The molecule has 2 heterocycles. The van der Waals surface area contributed by atoms with Gasteiger partial charge in [0.05, 0.1) is 11.0 Å². The quantitative estimate of drug-likeness (QED) is 0.848. The van der Waals surface area contributed by atoms with Gasteiger partial charge >= 0.3 is 0 Å². The van der Waals surface area contributed by atoms with E-state index in [0.717, 1.165) is 16.6 Å². The Morgan fingerprint density at radius 3 is 2.78 bits per heavy atom. The SMILES string of the molecule is CCc1cc2c(NCC(C)(C)O)nc(Cl)nc2s1. The molecule has 6 heteroatoms. The summed E-state index contributed by atoms with van der Waals surface area (Å²) < 4.78 is 0. The number of hydrogen-bond acceptors (Lipinski definition) is 5. The Balaban J connectivity index is 2.39. The number of nitrogens with zero attached hydrogens (tertiary/aromatic N) is 2. The summed E-state index contributed by atoms with van der Waals surface area (Å²) in [6, 6.07) is 2.07. The summed E-state index contributed by atoms with van der Waals surface area (Å²) >= 11 is 7.53. The largest absolute Gasteiger partial charge is 0.389 e. The summed E-state index contributed by atoms with van der Waals surface area (Å²) in [6.07, 6.45) is 0.962. The van der Waals surface area contributed by atoms with Gasteiger partial charge in [0.15, 0.2) is 0 Å². The monoisotopic (exact) mass is 285 g/mol. The molecule has 0 bridgehead atoms. The van der Waals surface area contributed by atoms with Crippen molar-refractivity contribution in [2.45, 2.75) is 32.8 Å². The molecule has 0 unspecified atom stereocenters. The van der Waals surface area contributed by atoms with Gasteiger partial charge in [0, 0.05) is 11.4 Å². The van der Waals surface area contributed by atoms with Gasteiger partial charge in [0.1, 0.15) is 10.6 Å². The van der Waals surface area contributed by atoms with Gasteiger partial charge in [0.25, 0.3) is 0 Å². The number of aliphatic hydroxyl groups is 1. The molecule has 0 radical (unpaired) electrons. The molecule has 0 aliphatic rings. The van der Waals surface area contributed by atoms with E-state index < -0.39 is 5.60 Å². The van der Waals surface area contributed by atoms with E-state index in [-0.39, 0.29) is 5.28 Å². The van der Waals surface area contributed by atoms with Gasteiger partial charge < -0.3 is 10.4 Å². The predicted molar refractivity (Wildman–Crippen MR) is 76.6 cm³/mol. The third-order valence-electron chi connectivity index (χ3n) is 2.45. The standard InChI is InChI=1S/C12H16ClN3OS/c1-4-7-5-8-9(14-6-12(2,3)17)15-11(13)16-10(8)18-7/h5,17H,4,6H2,1-3H3,(H,14,15,16). The fourth-order valence-corrected chi connectivity index (χ4v) is 2.74. The van der Waals surface area contributed by atoms with Crippen LogP contribution in [0.5, 0.6) is 0 Å². The Labute approximate surface area is 115 Å². The maximum Gasteiger partial charge on any atom is 0.225 e. The van der Waals surface area contributed by atoms with Crippen LogP contribution in [0.2, 0.25) is 5.28 Å². The lowest BCUT2D eigenvalue weighted by Gasteiger charge is -2.18.